The minimum absolute atomic E-state index is 0.243. The van der Waals surface area contributed by atoms with Crippen molar-refractivity contribution in [3.63, 3.8) is 0 Å². The maximum atomic E-state index is 11.8. The minimum Gasteiger partial charge on any atom is -0.353 e. The van der Waals surface area contributed by atoms with E-state index in [1.54, 1.807) is 0 Å². The molecule has 1 atom stereocenters. The van der Waals surface area contributed by atoms with Crippen LogP contribution in [0.4, 0.5) is 0 Å². The van der Waals surface area contributed by atoms with Crippen molar-refractivity contribution < 1.29 is 4.79 Å². The highest BCUT2D eigenvalue weighted by Crippen LogP contribution is 2.17. The summed E-state index contributed by atoms with van der Waals surface area (Å²) in [5.41, 5.74) is 0. The summed E-state index contributed by atoms with van der Waals surface area (Å²) in [7, 11) is 0. The number of carbonyl (C=O) groups excluding carboxylic acids is 1. The number of hydrogen-bond donors (Lipinski definition) is 2. The fourth-order valence-electron chi connectivity index (χ4n) is 2.51. The van der Waals surface area contributed by atoms with Crippen molar-refractivity contribution in [2.45, 2.75) is 50.6 Å². The molecule has 0 bridgehead atoms. The van der Waals surface area contributed by atoms with E-state index in [-0.39, 0.29) is 5.91 Å². The average molecular weight is 242 g/mol. The number of carbonyl (C=O) groups is 1. The maximum Gasteiger partial charge on any atom is 0.221 e. The predicted octanol–water partition coefficient (Wildman–Crippen LogP) is 1.53. The van der Waals surface area contributed by atoms with Gasteiger partial charge in [0.15, 0.2) is 0 Å². The monoisotopic (exact) mass is 242 g/mol. The third-order valence-electron chi connectivity index (χ3n) is 3.40. The van der Waals surface area contributed by atoms with E-state index in [1.165, 1.54) is 37.9 Å². The van der Waals surface area contributed by atoms with Crippen molar-refractivity contribution in [3.8, 4) is 0 Å². The molecule has 2 rings (SSSR count). The summed E-state index contributed by atoms with van der Waals surface area (Å²) in [5.74, 6) is 2.51. The largest absolute Gasteiger partial charge is 0.353 e. The standard InChI is InChI=1S/C12H22N2OS/c15-12(8-11-9-16-7-6-13-11)14-10-4-2-1-3-5-10/h10-11,13H,1-9H2,(H,14,15). The molecular weight excluding hydrogens is 220 g/mol. The smallest absolute Gasteiger partial charge is 0.221 e. The van der Waals surface area contributed by atoms with Crippen LogP contribution in [0.2, 0.25) is 0 Å². The van der Waals surface area contributed by atoms with E-state index in [9.17, 15) is 4.79 Å². The fourth-order valence-corrected chi connectivity index (χ4v) is 3.46. The molecule has 1 unspecified atom stereocenters. The van der Waals surface area contributed by atoms with Gasteiger partial charge in [0.05, 0.1) is 0 Å². The van der Waals surface area contributed by atoms with E-state index < -0.39 is 0 Å². The minimum atomic E-state index is 0.243. The van der Waals surface area contributed by atoms with Gasteiger partial charge in [-0.3, -0.25) is 4.79 Å². The molecule has 1 amide bonds. The number of thioether (sulfide) groups is 1. The van der Waals surface area contributed by atoms with Gasteiger partial charge in [-0.05, 0) is 12.8 Å². The van der Waals surface area contributed by atoms with Crippen LogP contribution in [0, 0.1) is 0 Å². The molecule has 0 aromatic heterocycles. The molecule has 0 spiro atoms. The Kier molecular flexibility index (Phi) is 4.97. The molecule has 1 saturated heterocycles. The molecule has 2 aliphatic rings. The highest BCUT2D eigenvalue weighted by Gasteiger charge is 2.20. The first-order valence-corrected chi connectivity index (χ1v) is 7.60. The van der Waals surface area contributed by atoms with Crippen LogP contribution in [-0.2, 0) is 4.79 Å². The lowest BCUT2D eigenvalue weighted by Gasteiger charge is -2.26. The van der Waals surface area contributed by atoms with E-state index >= 15 is 0 Å². The van der Waals surface area contributed by atoms with Crippen LogP contribution < -0.4 is 10.6 Å². The zero-order chi connectivity index (χ0) is 11.2. The van der Waals surface area contributed by atoms with Gasteiger partial charge in [-0.2, -0.15) is 11.8 Å². The molecule has 1 heterocycles. The molecule has 1 aliphatic heterocycles. The second kappa shape index (κ2) is 6.50. The molecule has 2 fully saturated rings. The summed E-state index contributed by atoms with van der Waals surface area (Å²) < 4.78 is 0. The Bertz CT molecular complexity index is 201. The number of nitrogens with one attached hydrogen (secondary N) is 2. The molecule has 3 nitrogen and oxygen atoms in total. The van der Waals surface area contributed by atoms with Gasteiger partial charge in [0.25, 0.3) is 0 Å². The Morgan fingerprint density at radius 3 is 2.81 bits per heavy atom. The van der Waals surface area contributed by atoms with Crippen molar-refractivity contribution in [2.24, 2.45) is 0 Å². The van der Waals surface area contributed by atoms with Crippen LogP contribution in [0.1, 0.15) is 38.5 Å². The first-order chi connectivity index (χ1) is 7.84. The van der Waals surface area contributed by atoms with Gasteiger partial charge >= 0.3 is 0 Å². The Morgan fingerprint density at radius 1 is 1.31 bits per heavy atom. The lowest BCUT2D eigenvalue weighted by molar-refractivity contribution is -0.122. The molecule has 4 heteroatoms. The van der Waals surface area contributed by atoms with Crippen molar-refractivity contribution in [1.82, 2.24) is 10.6 Å². The second-order valence-corrected chi connectivity index (χ2v) is 5.98. The van der Waals surface area contributed by atoms with E-state index in [1.807, 2.05) is 11.8 Å². The molecule has 1 saturated carbocycles. The van der Waals surface area contributed by atoms with Gasteiger partial charge in [0.2, 0.25) is 5.91 Å². The second-order valence-electron chi connectivity index (χ2n) is 4.83. The molecule has 0 aromatic rings. The summed E-state index contributed by atoms with van der Waals surface area (Å²) in [6, 6.07) is 0.847. The molecular formula is C12H22N2OS. The Balaban J connectivity index is 1.66. The molecule has 0 radical (unpaired) electrons. The Hall–Kier alpha value is -0.220. The van der Waals surface area contributed by atoms with E-state index in [0.717, 1.165) is 12.3 Å². The van der Waals surface area contributed by atoms with Crippen LogP contribution in [0.5, 0.6) is 0 Å². The average Bonchev–Trinajstić information content (AvgIpc) is 2.31. The van der Waals surface area contributed by atoms with Crippen LogP contribution in [0.3, 0.4) is 0 Å². The van der Waals surface area contributed by atoms with Gasteiger partial charge in [-0.1, -0.05) is 19.3 Å². The maximum absolute atomic E-state index is 11.8. The number of amides is 1. The van der Waals surface area contributed by atoms with Crippen molar-refractivity contribution in [2.75, 3.05) is 18.1 Å². The summed E-state index contributed by atoms with van der Waals surface area (Å²) in [6.45, 7) is 1.05. The SMILES string of the molecule is O=C(CC1CSCCN1)NC1CCCCC1. The topological polar surface area (TPSA) is 41.1 Å². The van der Waals surface area contributed by atoms with Gasteiger partial charge in [-0.25, -0.2) is 0 Å². The Labute approximate surface area is 102 Å². The summed E-state index contributed by atoms with van der Waals surface area (Å²) in [5, 5.41) is 6.58. The third-order valence-corrected chi connectivity index (χ3v) is 4.53. The van der Waals surface area contributed by atoms with Crippen LogP contribution in [-0.4, -0.2) is 36.0 Å². The normalized spacial score (nSPS) is 27.6. The predicted molar refractivity (Wildman–Crippen MR) is 68.7 cm³/mol. The van der Waals surface area contributed by atoms with Crippen molar-refractivity contribution >= 4 is 17.7 Å². The first-order valence-electron chi connectivity index (χ1n) is 6.45. The zero-order valence-corrected chi connectivity index (χ0v) is 10.7. The van der Waals surface area contributed by atoms with Crippen LogP contribution in [0.15, 0.2) is 0 Å². The molecule has 92 valence electrons. The molecule has 0 aromatic carbocycles. The lowest BCUT2D eigenvalue weighted by Crippen LogP contribution is -2.43. The van der Waals surface area contributed by atoms with Gasteiger partial charge in [0.1, 0.15) is 0 Å². The molecule has 1 aliphatic carbocycles. The summed E-state index contributed by atoms with van der Waals surface area (Å²) in [4.78, 5) is 11.8. The van der Waals surface area contributed by atoms with Gasteiger partial charge < -0.3 is 10.6 Å². The molecule has 2 N–H and O–H groups in total. The number of hydrogen-bond acceptors (Lipinski definition) is 3. The van der Waals surface area contributed by atoms with E-state index in [4.69, 9.17) is 0 Å². The Morgan fingerprint density at radius 2 is 2.12 bits per heavy atom. The van der Waals surface area contributed by atoms with E-state index in [0.29, 0.717) is 18.5 Å². The summed E-state index contributed by atoms with van der Waals surface area (Å²) in [6.07, 6.45) is 6.92. The third kappa shape index (κ3) is 3.98. The van der Waals surface area contributed by atoms with Gasteiger partial charge in [0, 0.05) is 36.6 Å². The number of rotatable bonds is 3. The van der Waals surface area contributed by atoms with Crippen molar-refractivity contribution in [1.29, 1.82) is 0 Å². The van der Waals surface area contributed by atoms with Crippen molar-refractivity contribution in [3.05, 3.63) is 0 Å². The zero-order valence-electron chi connectivity index (χ0n) is 9.84. The summed E-state index contributed by atoms with van der Waals surface area (Å²) >= 11 is 1.95. The van der Waals surface area contributed by atoms with Crippen LogP contribution in [0.25, 0.3) is 0 Å². The van der Waals surface area contributed by atoms with E-state index in [2.05, 4.69) is 10.6 Å². The molecule has 16 heavy (non-hydrogen) atoms. The van der Waals surface area contributed by atoms with Gasteiger partial charge in [-0.15, -0.1) is 0 Å². The highest BCUT2D eigenvalue weighted by molar-refractivity contribution is 7.99. The van der Waals surface area contributed by atoms with Crippen LogP contribution >= 0.6 is 11.8 Å². The lowest BCUT2D eigenvalue weighted by atomic mass is 9.95. The quantitative estimate of drug-likeness (QED) is 0.788. The highest BCUT2D eigenvalue weighted by atomic mass is 32.2. The first kappa shape index (κ1) is 12.2. The fraction of sp³-hybridized carbons (Fsp3) is 0.917.